The SMILES string of the molecule is C#CC(NC(=O)CCCN(C)C)c1cc2ncnc(Nc3ccc(OCc4cccc(F)c4)c(Cl)c3)c2s1. The zero-order valence-corrected chi connectivity index (χ0v) is 22.6. The number of hydrogen-bond acceptors (Lipinski definition) is 7. The molecule has 0 saturated heterocycles. The van der Waals surface area contributed by atoms with E-state index in [9.17, 15) is 9.18 Å². The fraction of sp³-hybridized carbons (Fsp3) is 0.250. The molecule has 2 aromatic heterocycles. The maximum atomic E-state index is 13.4. The number of benzene rings is 2. The van der Waals surface area contributed by atoms with E-state index in [4.69, 9.17) is 22.8 Å². The molecule has 1 unspecified atom stereocenters. The molecule has 1 amide bonds. The van der Waals surface area contributed by atoms with E-state index >= 15 is 0 Å². The van der Waals surface area contributed by atoms with Crippen LogP contribution in [0.4, 0.5) is 15.9 Å². The van der Waals surface area contributed by atoms with E-state index in [1.54, 1.807) is 24.3 Å². The van der Waals surface area contributed by atoms with Gasteiger partial charge in [0.15, 0.2) is 5.82 Å². The first-order valence-corrected chi connectivity index (χ1v) is 13.1. The maximum Gasteiger partial charge on any atom is 0.221 e. The van der Waals surface area contributed by atoms with Gasteiger partial charge in [-0.05, 0) is 69.0 Å². The number of anilines is 2. The molecule has 1 atom stereocenters. The van der Waals surface area contributed by atoms with E-state index < -0.39 is 6.04 Å². The molecule has 0 bridgehead atoms. The van der Waals surface area contributed by atoms with Crippen molar-refractivity contribution in [3.05, 3.63) is 76.1 Å². The average Bonchev–Trinajstić information content (AvgIpc) is 3.32. The van der Waals surface area contributed by atoms with Gasteiger partial charge in [-0.2, -0.15) is 0 Å². The average molecular weight is 552 g/mol. The highest BCUT2D eigenvalue weighted by Gasteiger charge is 2.18. The first-order chi connectivity index (χ1) is 18.3. The van der Waals surface area contributed by atoms with Crippen LogP contribution < -0.4 is 15.4 Å². The summed E-state index contributed by atoms with van der Waals surface area (Å²) >= 11 is 7.86. The van der Waals surface area contributed by atoms with Crippen molar-refractivity contribution in [1.29, 1.82) is 0 Å². The summed E-state index contributed by atoms with van der Waals surface area (Å²) in [6.07, 6.45) is 8.36. The smallest absolute Gasteiger partial charge is 0.221 e. The van der Waals surface area contributed by atoms with Crippen LogP contribution in [0.25, 0.3) is 10.2 Å². The van der Waals surface area contributed by atoms with Gasteiger partial charge in [-0.25, -0.2) is 14.4 Å². The largest absolute Gasteiger partial charge is 0.487 e. The summed E-state index contributed by atoms with van der Waals surface area (Å²) < 4.78 is 20.0. The Morgan fingerprint density at radius 3 is 2.82 bits per heavy atom. The highest BCUT2D eigenvalue weighted by molar-refractivity contribution is 7.19. The third-order valence-electron chi connectivity index (χ3n) is 5.57. The Hall–Kier alpha value is -3.71. The van der Waals surface area contributed by atoms with Gasteiger partial charge in [0.1, 0.15) is 30.5 Å². The number of nitrogens with one attached hydrogen (secondary N) is 2. The first kappa shape index (κ1) is 27.3. The summed E-state index contributed by atoms with van der Waals surface area (Å²) in [7, 11) is 3.94. The van der Waals surface area contributed by atoms with Gasteiger partial charge < -0.3 is 20.3 Å². The molecule has 0 aliphatic carbocycles. The molecule has 2 N–H and O–H groups in total. The number of aromatic nitrogens is 2. The van der Waals surface area contributed by atoms with Crippen molar-refractivity contribution in [3.8, 4) is 18.1 Å². The number of ether oxygens (including phenoxy) is 1. The lowest BCUT2D eigenvalue weighted by molar-refractivity contribution is -0.121. The summed E-state index contributed by atoms with van der Waals surface area (Å²) in [6, 6.07) is 12.8. The molecule has 0 aliphatic heterocycles. The van der Waals surface area contributed by atoms with Crippen LogP contribution >= 0.6 is 22.9 Å². The lowest BCUT2D eigenvalue weighted by atomic mass is 10.2. The van der Waals surface area contributed by atoms with Gasteiger partial charge in [-0.3, -0.25) is 4.79 Å². The van der Waals surface area contributed by atoms with Gasteiger partial charge in [0.25, 0.3) is 0 Å². The summed E-state index contributed by atoms with van der Waals surface area (Å²) in [5, 5.41) is 6.59. The van der Waals surface area contributed by atoms with Crippen LogP contribution in [0.5, 0.6) is 5.75 Å². The number of carbonyl (C=O) groups is 1. The number of nitrogens with zero attached hydrogens (tertiary/aromatic N) is 3. The second kappa shape index (κ2) is 12.7. The van der Waals surface area contributed by atoms with Gasteiger partial charge in [0.2, 0.25) is 5.91 Å². The molecule has 0 aliphatic rings. The third-order valence-corrected chi connectivity index (χ3v) is 7.07. The van der Waals surface area contributed by atoms with E-state index in [1.165, 1.54) is 29.8 Å². The summed E-state index contributed by atoms with van der Waals surface area (Å²) in [6.45, 7) is 1.02. The van der Waals surface area contributed by atoms with Crippen molar-refractivity contribution >= 4 is 50.6 Å². The predicted octanol–water partition coefficient (Wildman–Crippen LogP) is 5.94. The Labute approximate surface area is 230 Å². The predicted molar refractivity (Wildman–Crippen MR) is 150 cm³/mol. The van der Waals surface area contributed by atoms with Gasteiger partial charge in [-0.1, -0.05) is 29.7 Å². The van der Waals surface area contributed by atoms with Crippen molar-refractivity contribution in [2.45, 2.75) is 25.5 Å². The van der Waals surface area contributed by atoms with E-state index in [-0.39, 0.29) is 18.3 Å². The molecule has 0 saturated carbocycles. The van der Waals surface area contributed by atoms with E-state index in [1.807, 2.05) is 31.1 Å². The highest BCUT2D eigenvalue weighted by atomic mass is 35.5. The molecule has 2 heterocycles. The number of hydrogen-bond donors (Lipinski definition) is 2. The number of halogens is 2. The monoisotopic (exact) mass is 551 g/mol. The molecule has 4 aromatic rings. The Balaban J connectivity index is 1.45. The molecule has 4 rings (SSSR count). The quantitative estimate of drug-likeness (QED) is 0.225. The summed E-state index contributed by atoms with van der Waals surface area (Å²) in [5.74, 6) is 3.32. The zero-order valence-electron chi connectivity index (χ0n) is 21.0. The number of carbonyl (C=O) groups excluding carboxylic acids is 1. The van der Waals surface area contributed by atoms with E-state index in [0.29, 0.717) is 39.8 Å². The lowest BCUT2D eigenvalue weighted by Gasteiger charge is -2.13. The molecule has 0 fully saturated rings. The summed E-state index contributed by atoms with van der Waals surface area (Å²) in [5.41, 5.74) is 2.12. The Morgan fingerprint density at radius 2 is 2.08 bits per heavy atom. The Kier molecular flexibility index (Phi) is 9.13. The second-order valence-corrected chi connectivity index (χ2v) is 10.3. The molecule has 10 heteroatoms. The minimum absolute atomic E-state index is 0.0916. The van der Waals surface area contributed by atoms with E-state index in [0.717, 1.165) is 22.5 Å². The van der Waals surface area contributed by atoms with Gasteiger partial charge in [-0.15, -0.1) is 17.8 Å². The maximum absolute atomic E-state index is 13.4. The topological polar surface area (TPSA) is 79.4 Å². The lowest BCUT2D eigenvalue weighted by Crippen LogP contribution is -2.27. The standard InChI is InChI=1S/C28H27ClFN5O2S/c1-4-22(34-26(36)9-6-12-35(2)3)25-15-23-27(38-25)28(32-17-31-23)33-20-10-11-24(21(29)14-20)37-16-18-7-5-8-19(30)13-18/h1,5,7-8,10-11,13-15,17,22H,6,9,12,16H2,2-3H3,(H,34,36)(H,31,32,33). The first-order valence-electron chi connectivity index (χ1n) is 11.9. The number of amides is 1. The van der Waals surface area contributed by atoms with Crippen molar-refractivity contribution < 1.29 is 13.9 Å². The van der Waals surface area contributed by atoms with Crippen molar-refractivity contribution in [3.63, 3.8) is 0 Å². The van der Waals surface area contributed by atoms with Crippen molar-refractivity contribution in [2.24, 2.45) is 0 Å². The van der Waals surface area contributed by atoms with Crippen LogP contribution in [0.15, 0.2) is 54.9 Å². The van der Waals surface area contributed by atoms with Crippen LogP contribution in [0.1, 0.15) is 29.3 Å². The number of rotatable bonds is 11. The second-order valence-electron chi connectivity index (χ2n) is 8.85. The molecule has 2 aromatic carbocycles. The number of terminal acetylenes is 1. The van der Waals surface area contributed by atoms with Crippen LogP contribution in [0.2, 0.25) is 5.02 Å². The van der Waals surface area contributed by atoms with Crippen LogP contribution in [-0.2, 0) is 11.4 Å². The Bertz CT molecular complexity index is 1470. The summed E-state index contributed by atoms with van der Waals surface area (Å²) in [4.78, 5) is 24.0. The number of fused-ring (bicyclic) bond motifs is 1. The molecule has 38 heavy (non-hydrogen) atoms. The van der Waals surface area contributed by atoms with Crippen molar-refractivity contribution in [2.75, 3.05) is 26.0 Å². The van der Waals surface area contributed by atoms with E-state index in [2.05, 4.69) is 26.5 Å². The van der Waals surface area contributed by atoms with Crippen LogP contribution in [-0.4, -0.2) is 41.4 Å². The van der Waals surface area contributed by atoms with Gasteiger partial charge in [0, 0.05) is 17.0 Å². The molecule has 0 spiro atoms. The highest BCUT2D eigenvalue weighted by Crippen LogP contribution is 2.35. The minimum Gasteiger partial charge on any atom is -0.487 e. The minimum atomic E-state index is -0.558. The Morgan fingerprint density at radius 1 is 1.24 bits per heavy atom. The fourth-order valence-corrected chi connectivity index (χ4v) is 5.01. The third kappa shape index (κ3) is 7.19. The molecule has 196 valence electrons. The molecular weight excluding hydrogens is 525 g/mol. The van der Waals surface area contributed by atoms with Gasteiger partial charge >= 0.3 is 0 Å². The van der Waals surface area contributed by atoms with Crippen LogP contribution in [0.3, 0.4) is 0 Å². The normalized spacial score (nSPS) is 11.8. The molecular formula is C28H27ClFN5O2S. The fourth-order valence-electron chi connectivity index (χ4n) is 3.71. The molecule has 0 radical (unpaired) electrons. The van der Waals surface area contributed by atoms with Gasteiger partial charge in [0.05, 0.1) is 15.2 Å². The molecule has 7 nitrogen and oxygen atoms in total. The number of thiophene rings is 1. The van der Waals surface area contributed by atoms with Crippen LogP contribution in [0, 0.1) is 18.2 Å². The zero-order chi connectivity index (χ0) is 27.1. The van der Waals surface area contributed by atoms with Crippen molar-refractivity contribution in [1.82, 2.24) is 20.2 Å².